The van der Waals surface area contributed by atoms with Crippen molar-refractivity contribution in [2.24, 2.45) is 7.05 Å². The molecule has 2 aromatic carbocycles. The van der Waals surface area contributed by atoms with E-state index in [-0.39, 0.29) is 5.04 Å². The number of rotatable bonds is 4. The van der Waals surface area contributed by atoms with Gasteiger partial charge in [-0.1, -0.05) is 20.8 Å². The van der Waals surface area contributed by atoms with E-state index in [4.69, 9.17) is 4.43 Å². The number of fused-ring (bicyclic) bond motifs is 1. The molecule has 4 nitrogen and oxygen atoms in total. The van der Waals surface area contributed by atoms with Gasteiger partial charge in [0.25, 0.3) is 0 Å². The highest BCUT2D eigenvalue weighted by molar-refractivity contribution is 6.74. The van der Waals surface area contributed by atoms with E-state index < -0.39 is 8.32 Å². The van der Waals surface area contributed by atoms with E-state index >= 15 is 0 Å². The van der Waals surface area contributed by atoms with Crippen molar-refractivity contribution < 1.29 is 4.43 Å². The topological polar surface area (TPSA) is 39.1 Å². The molecule has 0 spiro atoms. The summed E-state index contributed by atoms with van der Waals surface area (Å²) in [5, 5.41) is 3.63. The summed E-state index contributed by atoms with van der Waals surface area (Å²) in [4.78, 5) is 4.41. The van der Waals surface area contributed by atoms with Gasteiger partial charge in [0.15, 0.2) is 0 Å². The van der Waals surface area contributed by atoms with Crippen molar-refractivity contribution in [1.82, 2.24) is 9.55 Å². The standard InChI is InChI=1S/C20H27N3OSi/c1-20(2,3)25(5,6)24-17-10-7-15(8-11-17)22-16-9-12-19-18(13-16)21-14-23(19)4/h7-14,22H,1-6H3. The molecule has 0 aliphatic rings. The molecule has 132 valence electrons. The molecule has 0 atom stereocenters. The first-order chi connectivity index (χ1) is 11.7. The second kappa shape index (κ2) is 6.22. The molecule has 1 aromatic heterocycles. The van der Waals surface area contributed by atoms with Crippen LogP contribution in [0.25, 0.3) is 11.0 Å². The van der Waals surface area contributed by atoms with Gasteiger partial charge in [0, 0.05) is 18.4 Å². The Kier molecular flexibility index (Phi) is 4.37. The molecule has 1 N–H and O–H groups in total. The average Bonchev–Trinajstić information content (AvgIpc) is 2.89. The second-order valence-corrected chi connectivity index (χ2v) is 12.8. The van der Waals surface area contributed by atoms with Gasteiger partial charge in [0.1, 0.15) is 5.75 Å². The number of nitrogens with one attached hydrogen (secondary N) is 1. The molecular weight excluding hydrogens is 326 g/mol. The lowest BCUT2D eigenvalue weighted by Gasteiger charge is -2.36. The van der Waals surface area contributed by atoms with Crippen molar-refractivity contribution in [2.45, 2.75) is 38.9 Å². The maximum atomic E-state index is 6.33. The molecule has 5 heteroatoms. The zero-order valence-electron chi connectivity index (χ0n) is 15.9. The maximum absolute atomic E-state index is 6.33. The Morgan fingerprint density at radius 1 is 1.00 bits per heavy atom. The lowest BCUT2D eigenvalue weighted by atomic mass is 10.2. The number of aryl methyl sites for hydroxylation is 1. The van der Waals surface area contributed by atoms with E-state index in [9.17, 15) is 0 Å². The van der Waals surface area contributed by atoms with E-state index in [1.54, 1.807) is 0 Å². The van der Waals surface area contributed by atoms with Crippen LogP contribution in [0.5, 0.6) is 5.75 Å². The monoisotopic (exact) mass is 353 g/mol. The molecule has 0 aliphatic heterocycles. The molecule has 3 aromatic rings. The quantitative estimate of drug-likeness (QED) is 0.611. The highest BCUT2D eigenvalue weighted by atomic mass is 28.4. The Morgan fingerprint density at radius 2 is 1.64 bits per heavy atom. The third kappa shape index (κ3) is 3.71. The summed E-state index contributed by atoms with van der Waals surface area (Å²) < 4.78 is 8.35. The fourth-order valence-electron chi connectivity index (χ4n) is 2.43. The molecular formula is C20H27N3OSi. The zero-order chi connectivity index (χ0) is 18.2. The van der Waals surface area contributed by atoms with Crippen LogP contribution in [-0.2, 0) is 7.05 Å². The maximum Gasteiger partial charge on any atom is 0.250 e. The van der Waals surface area contributed by atoms with E-state index in [1.165, 1.54) is 0 Å². The van der Waals surface area contributed by atoms with Crippen molar-refractivity contribution in [2.75, 3.05) is 5.32 Å². The first-order valence-electron chi connectivity index (χ1n) is 8.63. The van der Waals surface area contributed by atoms with Crippen LogP contribution >= 0.6 is 0 Å². The Labute approximate surface area is 151 Å². The molecule has 0 radical (unpaired) electrons. The van der Waals surface area contributed by atoms with Gasteiger partial charge < -0.3 is 14.3 Å². The number of hydrogen-bond acceptors (Lipinski definition) is 3. The Hall–Kier alpha value is -2.27. The van der Waals surface area contributed by atoms with Crippen LogP contribution in [0.15, 0.2) is 48.8 Å². The Bertz CT molecular complexity index is 876. The summed E-state index contributed by atoms with van der Waals surface area (Å²) in [6.07, 6.45) is 1.83. The number of nitrogens with zero attached hydrogens (tertiary/aromatic N) is 2. The predicted molar refractivity (Wildman–Crippen MR) is 108 cm³/mol. The van der Waals surface area contributed by atoms with Crippen molar-refractivity contribution >= 4 is 30.7 Å². The average molecular weight is 354 g/mol. The summed E-state index contributed by atoms with van der Waals surface area (Å²) in [6.45, 7) is 11.3. The SMILES string of the molecule is Cn1cnc2cc(Nc3ccc(O[Si](C)(C)C(C)(C)C)cc3)ccc21. The number of anilines is 2. The van der Waals surface area contributed by atoms with Crippen LogP contribution in [0.4, 0.5) is 11.4 Å². The molecule has 3 rings (SSSR count). The smallest absolute Gasteiger partial charge is 0.250 e. The minimum atomic E-state index is -1.80. The van der Waals surface area contributed by atoms with Crippen LogP contribution in [0, 0.1) is 0 Å². The lowest BCUT2D eigenvalue weighted by Crippen LogP contribution is -2.43. The van der Waals surface area contributed by atoms with Crippen molar-refractivity contribution in [1.29, 1.82) is 0 Å². The third-order valence-electron chi connectivity index (χ3n) is 5.05. The highest BCUT2D eigenvalue weighted by Gasteiger charge is 2.38. The molecule has 1 heterocycles. The van der Waals surface area contributed by atoms with Gasteiger partial charge in [-0.2, -0.15) is 0 Å². The molecule has 0 bridgehead atoms. The second-order valence-electron chi connectivity index (χ2n) is 8.07. The number of aromatic nitrogens is 2. The fourth-order valence-corrected chi connectivity index (χ4v) is 3.47. The Balaban J connectivity index is 1.73. The largest absolute Gasteiger partial charge is 0.544 e. The zero-order valence-corrected chi connectivity index (χ0v) is 16.9. The van der Waals surface area contributed by atoms with Crippen LogP contribution in [0.3, 0.4) is 0 Å². The molecule has 0 fully saturated rings. The van der Waals surface area contributed by atoms with Gasteiger partial charge in [0.05, 0.1) is 17.4 Å². The predicted octanol–water partition coefficient (Wildman–Crippen LogP) is 5.70. The van der Waals surface area contributed by atoms with Crippen molar-refractivity contribution in [3.63, 3.8) is 0 Å². The summed E-state index contributed by atoms with van der Waals surface area (Å²) in [7, 11) is 0.207. The summed E-state index contributed by atoms with van der Waals surface area (Å²) in [5.41, 5.74) is 4.19. The van der Waals surface area contributed by atoms with Gasteiger partial charge in [0.2, 0.25) is 8.32 Å². The van der Waals surface area contributed by atoms with Crippen LogP contribution in [0.1, 0.15) is 20.8 Å². The number of imidazole rings is 1. The molecule has 0 amide bonds. The minimum Gasteiger partial charge on any atom is -0.544 e. The highest BCUT2D eigenvalue weighted by Crippen LogP contribution is 2.37. The first-order valence-corrected chi connectivity index (χ1v) is 11.5. The van der Waals surface area contributed by atoms with Crippen LogP contribution in [-0.4, -0.2) is 17.9 Å². The third-order valence-corrected chi connectivity index (χ3v) is 9.41. The van der Waals surface area contributed by atoms with Gasteiger partial charge in [-0.25, -0.2) is 4.98 Å². The van der Waals surface area contributed by atoms with Crippen LogP contribution < -0.4 is 9.74 Å². The first kappa shape index (κ1) is 17.5. The normalized spacial score (nSPS) is 12.4. The fraction of sp³-hybridized carbons (Fsp3) is 0.350. The van der Waals surface area contributed by atoms with E-state index in [2.05, 4.69) is 74.5 Å². The molecule has 25 heavy (non-hydrogen) atoms. The van der Waals surface area contributed by atoms with E-state index in [0.29, 0.717) is 0 Å². The molecule has 0 saturated carbocycles. The van der Waals surface area contributed by atoms with Gasteiger partial charge >= 0.3 is 0 Å². The number of hydrogen-bond donors (Lipinski definition) is 1. The van der Waals surface area contributed by atoms with Gasteiger partial charge in [-0.05, 0) is 60.6 Å². The van der Waals surface area contributed by atoms with E-state index in [0.717, 1.165) is 28.2 Å². The molecule has 0 unspecified atom stereocenters. The lowest BCUT2D eigenvalue weighted by molar-refractivity contribution is 0.492. The van der Waals surface area contributed by atoms with Gasteiger partial charge in [-0.15, -0.1) is 0 Å². The summed E-state index contributed by atoms with van der Waals surface area (Å²) >= 11 is 0. The number of benzene rings is 2. The Morgan fingerprint density at radius 3 is 2.28 bits per heavy atom. The molecule has 0 aliphatic carbocycles. The summed E-state index contributed by atoms with van der Waals surface area (Å²) in [5.74, 6) is 0.942. The van der Waals surface area contributed by atoms with Gasteiger partial charge in [-0.3, -0.25) is 0 Å². The summed E-state index contributed by atoms with van der Waals surface area (Å²) in [6, 6.07) is 14.4. The molecule has 0 saturated heterocycles. The van der Waals surface area contributed by atoms with Crippen LogP contribution in [0.2, 0.25) is 18.1 Å². The van der Waals surface area contributed by atoms with E-state index in [1.807, 2.05) is 30.1 Å². The van der Waals surface area contributed by atoms with Crippen molar-refractivity contribution in [3.05, 3.63) is 48.8 Å². The minimum absolute atomic E-state index is 0.196. The van der Waals surface area contributed by atoms with Crippen molar-refractivity contribution in [3.8, 4) is 5.75 Å².